The summed E-state index contributed by atoms with van der Waals surface area (Å²) in [5, 5.41) is 0. The zero-order valence-electron chi connectivity index (χ0n) is 16.6. The van der Waals surface area contributed by atoms with Gasteiger partial charge in [0.1, 0.15) is 16.0 Å². The first-order chi connectivity index (χ1) is 14.7. The van der Waals surface area contributed by atoms with Gasteiger partial charge in [-0.1, -0.05) is 18.2 Å². The van der Waals surface area contributed by atoms with Crippen molar-refractivity contribution < 1.29 is 4.74 Å². The molecule has 1 aliphatic heterocycles. The molecule has 3 aromatic heterocycles. The van der Waals surface area contributed by atoms with Crippen LogP contribution in [0, 0.1) is 0 Å². The van der Waals surface area contributed by atoms with Gasteiger partial charge in [-0.3, -0.25) is 14.3 Å². The summed E-state index contributed by atoms with van der Waals surface area (Å²) in [6, 6.07) is 11.9. The van der Waals surface area contributed by atoms with Gasteiger partial charge in [-0.15, -0.1) is 11.3 Å². The zero-order chi connectivity index (χ0) is 20.7. The zero-order valence-corrected chi connectivity index (χ0v) is 17.4. The maximum Gasteiger partial charge on any atom is 0.328 e. The highest BCUT2D eigenvalue weighted by atomic mass is 32.1. The Kier molecular flexibility index (Phi) is 4.88. The van der Waals surface area contributed by atoms with E-state index in [1.54, 1.807) is 13.3 Å². The smallest absolute Gasteiger partial charge is 0.328 e. The molecule has 0 unspecified atom stereocenters. The second-order valence-electron chi connectivity index (χ2n) is 7.57. The number of nitrogens with one attached hydrogen (secondary N) is 1. The van der Waals surface area contributed by atoms with E-state index in [1.165, 1.54) is 21.5 Å². The van der Waals surface area contributed by atoms with Crippen LogP contribution >= 0.6 is 11.3 Å². The highest BCUT2D eigenvalue weighted by Crippen LogP contribution is 2.33. The second kappa shape index (κ2) is 7.70. The van der Waals surface area contributed by atoms with E-state index < -0.39 is 0 Å². The van der Waals surface area contributed by atoms with Gasteiger partial charge in [0.25, 0.3) is 5.56 Å². The number of aromatic nitrogens is 3. The average Bonchev–Trinajstić information content (AvgIpc) is 3.39. The Morgan fingerprint density at radius 3 is 2.93 bits per heavy atom. The molecule has 5 rings (SSSR count). The van der Waals surface area contributed by atoms with Crippen LogP contribution in [0.15, 0.2) is 52.2 Å². The number of hydrogen-bond acceptors (Lipinski definition) is 6. The van der Waals surface area contributed by atoms with Crippen molar-refractivity contribution in [2.45, 2.75) is 18.9 Å². The highest BCUT2D eigenvalue weighted by Gasteiger charge is 2.26. The SMILES string of the molecule is COc1ccccc1[C@@H]1CCN(CCn2c(=O)[nH]c3c(sc4cccnc43)c2=O)C1. The minimum absolute atomic E-state index is 0.239. The van der Waals surface area contributed by atoms with Gasteiger partial charge in [-0.2, -0.15) is 0 Å². The lowest BCUT2D eigenvalue weighted by atomic mass is 9.97. The molecule has 8 heteroatoms. The lowest BCUT2D eigenvalue weighted by molar-refractivity contribution is 0.313. The largest absolute Gasteiger partial charge is 0.496 e. The van der Waals surface area contributed by atoms with Gasteiger partial charge in [-0.05, 0) is 36.7 Å². The summed E-state index contributed by atoms with van der Waals surface area (Å²) in [5.41, 5.74) is 1.82. The minimum Gasteiger partial charge on any atom is -0.496 e. The third kappa shape index (κ3) is 3.22. The molecule has 0 spiro atoms. The van der Waals surface area contributed by atoms with Gasteiger partial charge in [-0.25, -0.2) is 4.79 Å². The number of ether oxygens (including phenoxy) is 1. The van der Waals surface area contributed by atoms with E-state index in [0.29, 0.717) is 34.7 Å². The normalized spacial score (nSPS) is 17.2. The lowest BCUT2D eigenvalue weighted by Crippen LogP contribution is -2.38. The van der Waals surface area contributed by atoms with E-state index in [1.807, 2.05) is 30.3 Å². The Hall–Kier alpha value is -2.97. The number of benzene rings is 1. The molecule has 1 saturated heterocycles. The number of thiophene rings is 1. The summed E-state index contributed by atoms with van der Waals surface area (Å²) in [4.78, 5) is 35.1. The molecule has 0 radical (unpaired) electrons. The fraction of sp³-hybridized carbons (Fsp3) is 0.318. The van der Waals surface area contributed by atoms with Crippen molar-refractivity contribution in [1.29, 1.82) is 0 Å². The van der Waals surface area contributed by atoms with Crippen LogP contribution in [-0.4, -0.2) is 46.2 Å². The molecule has 1 aliphatic rings. The van der Waals surface area contributed by atoms with Crippen molar-refractivity contribution in [3.63, 3.8) is 0 Å². The summed E-state index contributed by atoms with van der Waals surface area (Å²) in [7, 11) is 1.70. The number of H-pyrrole nitrogens is 1. The van der Waals surface area contributed by atoms with E-state index >= 15 is 0 Å². The maximum absolute atomic E-state index is 13.0. The number of pyridine rings is 1. The summed E-state index contributed by atoms with van der Waals surface area (Å²) < 4.78 is 8.27. The first kappa shape index (κ1) is 19.0. The Labute approximate surface area is 176 Å². The Morgan fingerprint density at radius 1 is 1.20 bits per heavy atom. The minimum atomic E-state index is -0.377. The quantitative estimate of drug-likeness (QED) is 0.535. The second-order valence-corrected chi connectivity index (χ2v) is 8.62. The van der Waals surface area contributed by atoms with E-state index in [-0.39, 0.29) is 11.2 Å². The van der Waals surface area contributed by atoms with Crippen LogP contribution in [0.2, 0.25) is 0 Å². The topological polar surface area (TPSA) is 80.2 Å². The van der Waals surface area contributed by atoms with Crippen LogP contribution in [-0.2, 0) is 6.54 Å². The van der Waals surface area contributed by atoms with E-state index in [0.717, 1.165) is 30.0 Å². The van der Waals surface area contributed by atoms with Crippen molar-refractivity contribution in [3.8, 4) is 5.75 Å². The molecule has 1 aromatic carbocycles. The standard InChI is InChI=1S/C22H22N4O3S/c1-29-16-6-3-2-5-15(16)14-8-10-25(13-14)11-12-26-21(27)20-19(24-22(26)28)18-17(30-20)7-4-9-23-18/h2-7,9,14H,8,10-13H2,1H3,(H,24,28)/t14-/m1/s1. The first-order valence-corrected chi connectivity index (χ1v) is 10.8. The molecule has 0 amide bonds. The van der Waals surface area contributed by atoms with Gasteiger partial charge in [0, 0.05) is 31.7 Å². The number of aromatic amines is 1. The molecule has 0 aliphatic carbocycles. The van der Waals surface area contributed by atoms with Gasteiger partial charge >= 0.3 is 5.69 Å². The monoisotopic (exact) mass is 422 g/mol. The van der Waals surface area contributed by atoms with Crippen molar-refractivity contribution in [3.05, 3.63) is 69.0 Å². The number of likely N-dealkylation sites (tertiary alicyclic amines) is 1. The molecule has 0 saturated carbocycles. The van der Waals surface area contributed by atoms with Gasteiger partial charge in [0.2, 0.25) is 0 Å². The van der Waals surface area contributed by atoms with Crippen LogP contribution in [0.4, 0.5) is 0 Å². The molecule has 4 heterocycles. The van der Waals surface area contributed by atoms with Crippen LogP contribution in [0.1, 0.15) is 17.9 Å². The molecule has 30 heavy (non-hydrogen) atoms. The molecular weight excluding hydrogens is 400 g/mol. The summed E-state index contributed by atoms with van der Waals surface area (Å²) in [5.74, 6) is 1.31. The molecule has 1 atom stereocenters. The molecule has 1 fully saturated rings. The van der Waals surface area contributed by atoms with Gasteiger partial charge < -0.3 is 14.6 Å². The van der Waals surface area contributed by atoms with Crippen molar-refractivity contribution in [1.82, 2.24) is 19.4 Å². The highest BCUT2D eigenvalue weighted by molar-refractivity contribution is 7.25. The van der Waals surface area contributed by atoms with Crippen molar-refractivity contribution >= 4 is 31.8 Å². The molecule has 7 nitrogen and oxygen atoms in total. The third-order valence-electron chi connectivity index (χ3n) is 5.85. The fourth-order valence-electron chi connectivity index (χ4n) is 4.32. The number of hydrogen-bond donors (Lipinski definition) is 1. The molecule has 1 N–H and O–H groups in total. The van der Waals surface area contributed by atoms with E-state index in [2.05, 4.69) is 20.9 Å². The van der Waals surface area contributed by atoms with Crippen LogP contribution < -0.4 is 16.0 Å². The maximum atomic E-state index is 13.0. The number of fused-ring (bicyclic) bond motifs is 3. The van der Waals surface area contributed by atoms with E-state index in [4.69, 9.17) is 4.74 Å². The lowest BCUT2D eigenvalue weighted by Gasteiger charge is -2.17. The molecular formula is C22H22N4O3S. The number of para-hydroxylation sites is 1. The Morgan fingerprint density at radius 2 is 2.07 bits per heavy atom. The van der Waals surface area contributed by atoms with Crippen molar-refractivity contribution in [2.75, 3.05) is 26.7 Å². The summed E-state index contributed by atoms with van der Waals surface area (Å²) in [6.45, 7) is 2.85. The van der Waals surface area contributed by atoms with Crippen molar-refractivity contribution in [2.24, 2.45) is 0 Å². The predicted molar refractivity (Wildman–Crippen MR) is 119 cm³/mol. The van der Waals surface area contributed by atoms with Gasteiger partial charge in [0.05, 0.1) is 17.3 Å². The molecule has 154 valence electrons. The Bertz CT molecular complexity index is 1340. The van der Waals surface area contributed by atoms with Gasteiger partial charge in [0.15, 0.2) is 0 Å². The summed E-state index contributed by atoms with van der Waals surface area (Å²) >= 11 is 1.38. The van der Waals surface area contributed by atoms with Crippen LogP contribution in [0.25, 0.3) is 20.4 Å². The first-order valence-electron chi connectivity index (χ1n) is 10.0. The molecule has 4 aromatic rings. The predicted octanol–water partition coefficient (Wildman–Crippen LogP) is 2.80. The summed E-state index contributed by atoms with van der Waals surface area (Å²) in [6.07, 6.45) is 2.70. The third-order valence-corrected chi connectivity index (χ3v) is 6.99. The number of nitrogens with zero attached hydrogens (tertiary/aromatic N) is 3. The average molecular weight is 423 g/mol. The van der Waals surface area contributed by atoms with E-state index in [9.17, 15) is 9.59 Å². The Balaban J connectivity index is 1.36. The number of rotatable bonds is 5. The van der Waals surface area contributed by atoms with Crippen LogP contribution in [0.5, 0.6) is 5.75 Å². The number of methoxy groups -OCH3 is 1. The van der Waals surface area contributed by atoms with Crippen LogP contribution in [0.3, 0.4) is 0 Å². The molecule has 0 bridgehead atoms. The fourth-order valence-corrected chi connectivity index (χ4v) is 5.39.